The van der Waals surface area contributed by atoms with Crippen LogP contribution in [0.15, 0.2) is 0 Å². The third-order valence-corrected chi connectivity index (χ3v) is 2.95. The van der Waals surface area contributed by atoms with Crippen molar-refractivity contribution >= 4 is 17.8 Å². The Labute approximate surface area is 64.9 Å². The van der Waals surface area contributed by atoms with Crippen molar-refractivity contribution in [2.45, 2.75) is 12.5 Å². The smallest absolute Gasteiger partial charge is 0.314 e. The van der Waals surface area contributed by atoms with Crippen molar-refractivity contribution < 1.29 is 4.79 Å². The van der Waals surface area contributed by atoms with Crippen molar-refractivity contribution in [3.63, 3.8) is 0 Å². The Hall–Kier alpha value is -0.380. The summed E-state index contributed by atoms with van der Waals surface area (Å²) < 4.78 is 0. The molecule has 1 fully saturated rings. The summed E-state index contributed by atoms with van der Waals surface area (Å²) in [5.74, 6) is 2.20. The Kier molecular flexibility index (Phi) is 2.43. The van der Waals surface area contributed by atoms with Crippen molar-refractivity contribution in [2.75, 3.05) is 18.6 Å². The van der Waals surface area contributed by atoms with E-state index in [0.717, 1.165) is 17.9 Å². The maximum absolute atomic E-state index is 10.6. The van der Waals surface area contributed by atoms with Gasteiger partial charge in [0.1, 0.15) is 0 Å². The zero-order valence-corrected chi connectivity index (χ0v) is 6.86. The minimum absolute atomic E-state index is 0.312. The van der Waals surface area contributed by atoms with Gasteiger partial charge in [0.05, 0.1) is 0 Å². The van der Waals surface area contributed by atoms with E-state index in [0.29, 0.717) is 6.04 Å². The highest BCUT2D eigenvalue weighted by molar-refractivity contribution is 7.99. The van der Waals surface area contributed by atoms with Gasteiger partial charge in [-0.25, -0.2) is 4.79 Å². The number of amides is 2. The van der Waals surface area contributed by atoms with Gasteiger partial charge >= 0.3 is 6.03 Å². The van der Waals surface area contributed by atoms with Gasteiger partial charge in [-0.3, -0.25) is 0 Å². The summed E-state index contributed by atoms with van der Waals surface area (Å²) in [6, 6.07) is 0.0648. The van der Waals surface area contributed by atoms with Gasteiger partial charge in [-0.1, -0.05) is 0 Å². The maximum atomic E-state index is 10.6. The second kappa shape index (κ2) is 3.14. The fraction of sp³-hybridized carbons (Fsp3) is 0.833. The Bertz CT molecular complexity index is 134. The fourth-order valence-corrected chi connectivity index (χ4v) is 2.28. The molecule has 1 rings (SSSR count). The van der Waals surface area contributed by atoms with E-state index in [1.54, 1.807) is 11.9 Å². The molecular weight excluding hydrogens is 148 g/mol. The summed E-state index contributed by atoms with van der Waals surface area (Å²) in [6.07, 6.45) is 1.09. The lowest BCUT2D eigenvalue weighted by molar-refractivity contribution is 0.205. The van der Waals surface area contributed by atoms with E-state index in [1.165, 1.54) is 0 Å². The highest BCUT2D eigenvalue weighted by atomic mass is 32.2. The average molecular weight is 160 g/mol. The summed E-state index contributed by atoms with van der Waals surface area (Å²) in [5.41, 5.74) is 5.09. The molecular formula is C6H12N2OS. The summed E-state index contributed by atoms with van der Waals surface area (Å²) in [5, 5.41) is 0. The molecule has 1 unspecified atom stereocenters. The SMILES string of the molecule is CN(C(N)=O)C1CCSC1. The van der Waals surface area contributed by atoms with E-state index in [1.807, 2.05) is 11.8 Å². The third-order valence-electron chi connectivity index (χ3n) is 1.80. The molecule has 58 valence electrons. The molecule has 2 amide bonds. The molecule has 1 saturated heterocycles. The maximum Gasteiger partial charge on any atom is 0.314 e. The zero-order valence-electron chi connectivity index (χ0n) is 6.04. The first-order valence-corrected chi connectivity index (χ1v) is 4.47. The van der Waals surface area contributed by atoms with Gasteiger partial charge in [0, 0.05) is 18.8 Å². The van der Waals surface area contributed by atoms with Gasteiger partial charge in [-0.2, -0.15) is 11.8 Å². The predicted molar refractivity (Wildman–Crippen MR) is 43.1 cm³/mol. The van der Waals surface area contributed by atoms with Crippen LogP contribution in [0.1, 0.15) is 6.42 Å². The molecule has 1 aliphatic heterocycles. The summed E-state index contributed by atoms with van der Waals surface area (Å²) >= 11 is 1.88. The number of hydrogen-bond donors (Lipinski definition) is 1. The van der Waals surface area contributed by atoms with E-state index in [4.69, 9.17) is 5.73 Å². The molecule has 0 aliphatic carbocycles. The molecule has 2 N–H and O–H groups in total. The first-order valence-electron chi connectivity index (χ1n) is 3.32. The summed E-state index contributed by atoms with van der Waals surface area (Å²) in [4.78, 5) is 12.3. The largest absolute Gasteiger partial charge is 0.351 e. The Balaban J connectivity index is 2.39. The van der Waals surface area contributed by atoms with E-state index in [2.05, 4.69) is 0 Å². The van der Waals surface area contributed by atoms with E-state index in [9.17, 15) is 4.79 Å². The third kappa shape index (κ3) is 1.56. The lowest BCUT2D eigenvalue weighted by Gasteiger charge is -2.20. The van der Waals surface area contributed by atoms with Crippen LogP contribution in [-0.4, -0.2) is 35.5 Å². The lowest BCUT2D eigenvalue weighted by Crippen LogP contribution is -2.40. The van der Waals surface area contributed by atoms with Crippen molar-refractivity contribution in [3.8, 4) is 0 Å². The number of carbonyl (C=O) groups is 1. The van der Waals surface area contributed by atoms with E-state index in [-0.39, 0.29) is 6.03 Å². The van der Waals surface area contributed by atoms with E-state index < -0.39 is 0 Å². The Morgan fingerprint density at radius 3 is 2.90 bits per heavy atom. The van der Waals surface area contributed by atoms with Gasteiger partial charge in [-0.15, -0.1) is 0 Å². The second-order valence-corrected chi connectivity index (χ2v) is 3.62. The van der Waals surface area contributed by atoms with Crippen LogP contribution in [0.3, 0.4) is 0 Å². The topological polar surface area (TPSA) is 46.3 Å². The second-order valence-electron chi connectivity index (χ2n) is 2.47. The molecule has 3 nitrogen and oxygen atoms in total. The van der Waals surface area contributed by atoms with Crippen molar-refractivity contribution in [2.24, 2.45) is 5.73 Å². The van der Waals surface area contributed by atoms with Gasteiger partial charge in [0.2, 0.25) is 0 Å². The molecule has 0 radical (unpaired) electrons. The number of thioether (sulfide) groups is 1. The first-order chi connectivity index (χ1) is 4.72. The van der Waals surface area contributed by atoms with Crippen molar-refractivity contribution in [1.82, 2.24) is 4.90 Å². The molecule has 0 saturated carbocycles. The number of rotatable bonds is 1. The van der Waals surface area contributed by atoms with Crippen LogP contribution in [-0.2, 0) is 0 Å². The zero-order chi connectivity index (χ0) is 7.56. The van der Waals surface area contributed by atoms with E-state index >= 15 is 0 Å². The molecule has 1 heterocycles. The standard InChI is InChI=1S/C6H12N2OS/c1-8(6(7)9)5-2-3-10-4-5/h5H,2-4H2,1H3,(H2,7,9). The molecule has 0 aromatic heterocycles. The minimum Gasteiger partial charge on any atom is -0.351 e. The fourth-order valence-electron chi connectivity index (χ4n) is 1.01. The number of carbonyl (C=O) groups excluding carboxylic acids is 1. The van der Waals surface area contributed by atoms with Crippen LogP contribution in [0.25, 0.3) is 0 Å². The molecule has 1 atom stereocenters. The number of urea groups is 1. The number of primary amides is 1. The Morgan fingerprint density at radius 2 is 2.50 bits per heavy atom. The van der Waals surface area contributed by atoms with Crippen LogP contribution in [0.5, 0.6) is 0 Å². The first kappa shape index (κ1) is 7.72. The number of nitrogens with two attached hydrogens (primary N) is 1. The molecule has 10 heavy (non-hydrogen) atoms. The van der Waals surface area contributed by atoms with Crippen LogP contribution < -0.4 is 5.73 Å². The van der Waals surface area contributed by atoms with Crippen molar-refractivity contribution in [1.29, 1.82) is 0 Å². The van der Waals surface area contributed by atoms with Crippen LogP contribution >= 0.6 is 11.8 Å². The predicted octanol–water partition coefficient (Wildman–Crippen LogP) is 0.502. The normalized spacial score (nSPS) is 24.7. The van der Waals surface area contributed by atoms with Crippen LogP contribution in [0.2, 0.25) is 0 Å². The van der Waals surface area contributed by atoms with Crippen molar-refractivity contribution in [3.05, 3.63) is 0 Å². The van der Waals surface area contributed by atoms with Gasteiger partial charge in [0.15, 0.2) is 0 Å². The minimum atomic E-state index is -0.312. The Morgan fingerprint density at radius 1 is 1.80 bits per heavy atom. The van der Waals surface area contributed by atoms with Gasteiger partial charge in [-0.05, 0) is 12.2 Å². The van der Waals surface area contributed by atoms with Gasteiger partial charge in [0.25, 0.3) is 0 Å². The molecule has 0 aromatic rings. The molecule has 0 aromatic carbocycles. The average Bonchev–Trinajstić information content (AvgIpc) is 2.36. The molecule has 1 aliphatic rings. The molecule has 0 bridgehead atoms. The number of hydrogen-bond acceptors (Lipinski definition) is 2. The highest BCUT2D eigenvalue weighted by Crippen LogP contribution is 2.20. The van der Waals surface area contributed by atoms with Gasteiger partial charge < -0.3 is 10.6 Å². The van der Waals surface area contributed by atoms with Crippen LogP contribution in [0, 0.1) is 0 Å². The highest BCUT2D eigenvalue weighted by Gasteiger charge is 2.21. The summed E-state index contributed by atoms with van der Waals surface area (Å²) in [7, 11) is 1.76. The monoisotopic (exact) mass is 160 g/mol. The lowest BCUT2D eigenvalue weighted by atomic mass is 10.2. The quantitative estimate of drug-likeness (QED) is 0.607. The molecule has 4 heteroatoms. The summed E-state index contributed by atoms with van der Waals surface area (Å²) in [6.45, 7) is 0. The van der Waals surface area contributed by atoms with Crippen LogP contribution in [0.4, 0.5) is 4.79 Å². The molecule has 0 spiro atoms. The number of nitrogens with zero attached hydrogens (tertiary/aromatic N) is 1.